The van der Waals surface area contributed by atoms with Crippen molar-refractivity contribution in [1.29, 1.82) is 0 Å². The number of halogens is 4. The number of hydrogen-bond acceptors (Lipinski definition) is 1. The highest BCUT2D eigenvalue weighted by atomic mass is 79.9. The Hall–Kier alpha value is -0.550. The molecule has 1 N–H and O–H groups in total. The molecule has 0 spiro atoms. The first-order valence-electron chi connectivity index (χ1n) is 5.72. The number of alkyl halides is 3. The minimum atomic E-state index is -4.15. The summed E-state index contributed by atoms with van der Waals surface area (Å²) in [5.41, 5.74) is -0.218. The van der Waals surface area contributed by atoms with Gasteiger partial charge in [0.25, 0.3) is 0 Å². The van der Waals surface area contributed by atoms with Gasteiger partial charge in [-0.25, -0.2) is 0 Å². The van der Waals surface area contributed by atoms with E-state index in [0.29, 0.717) is 6.42 Å². The predicted molar refractivity (Wildman–Crippen MR) is 68.4 cm³/mol. The van der Waals surface area contributed by atoms with E-state index >= 15 is 0 Å². The minimum Gasteiger partial charge on any atom is -0.390 e. The van der Waals surface area contributed by atoms with Gasteiger partial charge in [-0.1, -0.05) is 34.1 Å². The van der Waals surface area contributed by atoms with Crippen LogP contribution in [0.4, 0.5) is 13.2 Å². The summed E-state index contributed by atoms with van der Waals surface area (Å²) in [6.45, 7) is 1.57. The Bertz CT molecular complexity index is 388. The lowest BCUT2D eigenvalue weighted by Gasteiger charge is -2.24. The summed E-state index contributed by atoms with van der Waals surface area (Å²) in [6.07, 6.45) is -4.58. The fourth-order valence-electron chi connectivity index (χ4n) is 1.81. The summed E-state index contributed by atoms with van der Waals surface area (Å²) in [6, 6.07) is 7.39. The maximum absolute atomic E-state index is 12.0. The van der Waals surface area contributed by atoms with Gasteiger partial charge in [0.1, 0.15) is 0 Å². The first-order chi connectivity index (χ1) is 8.20. The van der Waals surface area contributed by atoms with E-state index in [1.54, 1.807) is 6.92 Å². The van der Waals surface area contributed by atoms with Crippen LogP contribution < -0.4 is 0 Å². The maximum atomic E-state index is 12.0. The average Bonchev–Trinajstić information content (AvgIpc) is 2.18. The van der Waals surface area contributed by atoms with Crippen LogP contribution in [0.1, 0.15) is 31.7 Å². The first kappa shape index (κ1) is 15.5. The molecule has 0 bridgehead atoms. The Kier molecular flexibility index (Phi) is 5.22. The maximum Gasteiger partial charge on any atom is 0.389 e. The van der Waals surface area contributed by atoms with Crippen LogP contribution >= 0.6 is 15.9 Å². The van der Waals surface area contributed by atoms with Crippen LogP contribution in [0.5, 0.6) is 0 Å². The van der Waals surface area contributed by atoms with Crippen molar-refractivity contribution in [3.8, 4) is 0 Å². The van der Waals surface area contributed by atoms with Gasteiger partial charge >= 0.3 is 6.18 Å². The fraction of sp³-hybridized carbons (Fsp3) is 0.538. The molecule has 1 rings (SSSR count). The Morgan fingerprint density at radius 3 is 2.33 bits per heavy atom. The molecule has 1 nitrogen and oxygen atoms in total. The Morgan fingerprint density at radius 2 is 1.78 bits per heavy atom. The van der Waals surface area contributed by atoms with Gasteiger partial charge in [-0.2, -0.15) is 13.2 Å². The van der Waals surface area contributed by atoms with Crippen LogP contribution in [0.15, 0.2) is 28.7 Å². The predicted octanol–water partition coefficient (Wildman–Crippen LogP) is 4.48. The zero-order chi connectivity index (χ0) is 13.8. The third-order valence-electron chi connectivity index (χ3n) is 2.70. The van der Waals surface area contributed by atoms with Gasteiger partial charge in [0, 0.05) is 17.3 Å². The topological polar surface area (TPSA) is 20.2 Å². The van der Waals surface area contributed by atoms with Crippen molar-refractivity contribution in [3.05, 3.63) is 34.3 Å². The van der Waals surface area contributed by atoms with Crippen molar-refractivity contribution in [1.82, 2.24) is 0 Å². The highest BCUT2D eigenvalue weighted by molar-refractivity contribution is 9.10. The van der Waals surface area contributed by atoms with E-state index < -0.39 is 18.2 Å². The van der Waals surface area contributed by atoms with E-state index in [-0.39, 0.29) is 12.8 Å². The third-order valence-corrected chi connectivity index (χ3v) is 3.48. The summed E-state index contributed by atoms with van der Waals surface area (Å²) in [5, 5.41) is 10.1. The molecule has 18 heavy (non-hydrogen) atoms. The van der Waals surface area contributed by atoms with Crippen molar-refractivity contribution >= 4 is 15.9 Å². The summed E-state index contributed by atoms with van der Waals surface area (Å²) in [4.78, 5) is 0. The molecule has 0 radical (unpaired) electrons. The zero-order valence-corrected chi connectivity index (χ0v) is 11.7. The van der Waals surface area contributed by atoms with Gasteiger partial charge in [-0.3, -0.25) is 0 Å². The van der Waals surface area contributed by atoms with E-state index in [2.05, 4.69) is 15.9 Å². The second-order valence-corrected chi connectivity index (χ2v) is 5.59. The normalized spacial score (nSPS) is 15.4. The molecule has 1 aromatic rings. The lowest BCUT2D eigenvalue weighted by Crippen LogP contribution is -2.27. The van der Waals surface area contributed by atoms with Crippen LogP contribution in [0.2, 0.25) is 0 Å². The lowest BCUT2D eigenvalue weighted by atomic mass is 9.91. The van der Waals surface area contributed by atoms with E-state index in [1.807, 2.05) is 24.3 Å². The Balaban J connectivity index is 2.52. The van der Waals surface area contributed by atoms with E-state index in [1.165, 1.54) is 0 Å². The molecular formula is C13H16BrF3O. The van der Waals surface area contributed by atoms with Crippen LogP contribution in [-0.2, 0) is 6.42 Å². The minimum absolute atomic E-state index is 0.0546. The molecule has 0 aliphatic rings. The molecular weight excluding hydrogens is 309 g/mol. The van der Waals surface area contributed by atoms with Gasteiger partial charge in [0.2, 0.25) is 0 Å². The molecule has 0 fully saturated rings. The summed E-state index contributed by atoms with van der Waals surface area (Å²) >= 11 is 3.36. The van der Waals surface area contributed by atoms with Crippen molar-refractivity contribution in [2.75, 3.05) is 0 Å². The van der Waals surface area contributed by atoms with Gasteiger partial charge in [-0.15, -0.1) is 0 Å². The highest BCUT2D eigenvalue weighted by Crippen LogP contribution is 2.28. The van der Waals surface area contributed by atoms with Gasteiger partial charge in [0.15, 0.2) is 0 Å². The third kappa shape index (κ3) is 5.87. The monoisotopic (exact) mass is 324 g/mol. The number of aliphatic hydroxyl groups is 1. The number of rotatable bonds is 5. The van der Waals surface area contributed by atoms with Gasteiger partial charge < -0.3 is 5.11 Å². The SMILES string of the molecule is CC(O)(CCCC(F)(F)F)Cc1ccccc1Br. The van der Waals surface area contributed by atoms with E-state index in [0.717, 1.165) is 10.0 Å². The second kappa shape index (κ2) is 6.06. The van der Waals surface area contributed by atoms with Gasteiger partial charge in [0.05, 0.1) is 5.60 Å². The Morgan fingerprint density at radius 1 is 1.17 bits per heavy atom. The fourth-order valence-corrected chi connectivity index (χ4v) is 2.24. The molecule has 1 aromatic carbocycles. The molecule has 0 aliphatic carbocycles. The van der Waals surface area contributed by atoms with Crippen molar-refractivity contribution in [3.63, 3.8) is 0 Å². The first-order valence-corrected chi connectivity index (χ1v) is 6.51. The zero-order valence-electron chi connectivity index (χ0n) is 10.1. The molecule has 0 aromatic heterocycles. The molecule has 0 heterocycles. The van der Waals surface area contributed by atoms with Gasteiger partial charge in [-0.05, 0) is 31.4 Å². The standard InChI is InChI=1S/C13H16BrF3O/c1-12(18,7-4-8-13(15,16)17)9-10-5-2-3-6-11(10)14/h2-3,5-6,18H,4,7-9H2,1H3. The van der Waals surface area contributed by atoms with Crippen LogP contribution in [-0.4, -0.2) is 16.9 Å². The lowest BCUT2D eigenvalue weighted by molar-refractivity contribution is -0.137. The molecule has 0 aliphatic heterocycles. The summed E-state index contributed by atoms with van der Waals surface area (Å²) in [5.74, 6) is 0. The van der Waals surface area contributed by atoms with E-state index in [4.69, 9.17) is 0 Å². The average molecular weight is 325 g/mol. The van der Waals surface area contributed by atoms with Crippen molar-refractivity contribution in [2.24, 2.45) is 0 Å². The van der Waals surface area contributed by atoms with E-state index in [9.17, 15) is 18.3 Å². The molecule has 5 heteroatoms. The number of hydrogen-bond donors (Lipinski definition) is 1. The van der Waals surface area contributed by atoms with Crippen LogP contribution in [0.25, 0.3) is 0 Å². The molecule has 0 saturated carbocycles. The molecule has 1 atom stereocenters. The summed E-state index contributed by atoms with van der Waals surface area (Å²) < 4.78 is 37.0. The highest BCUT2D eigenvalue weighted by Gasteiger charge is 2.29. The molecule has 102 valence electrons. The number of benzene rings is 1. The molecule has 1 unspecified atom stereocenters. The molecule has 0 amide bonds. The largest absolute Gasteiger partial charge is 0.390 e. The van der Waals surface area contributed by atoms with Crippen LogP contribution in [0, 0.1) is 0 Å². The molecule has 0 saturated heterocycles. The quantitative estimate of drug-likeness (QED) is 0.846. The second-order valence-electron chi connectivity index (χ2n) is 4.73. The van der Waals surface area contributed by atoms with Crippen molar-refractivity contribution < 1.29 is 18.3 Å². The van der Waals surface area contributed by atoms with Crippen molar-refractivity contribution in [2.45, 2.75) is 44.4 Å². The smallest absolute Gasteiger partial charge is 0.389 e. The summed E-state index contributed by atoms with van der Waals surface area (Å²) in [7, 11) is 0. The van der Waals surface area contributed by atoms with Crippen LogP contribution in [0.3, 0.4) is 0 Å². The Labute approximate surface area is 113 Å².